The van der Waals surface area contributed by atoms with Crippen LogP contribution in [0.25, 0.3) is 0 Å². The van der Waals surface area contributed by atoms with Crippen molar-refractivity contribution in [2.45, 2.75) is 45.8 Å². The summed E-state index contributed by atoms with van der Waals surface area (Å²) in [6.45, 7) is 7.41. The number of aliphatic hydroxyl groups excluding tert-OH is 1. The highest BCUT2D eigenvalue weighted by Gasteiger charge is 2.23. The summed E-state index contributed by atoms with van der Waals surface area (Å²) >= 11 is 0. The fraction of sp³-hybridized carbons (Fsp3) is 0.643. The molecule has 0 aromatic carbocycles. The molecule has 1 aromatic rings. The molecule has 0 radical (unpaired) electrons. The third-order valence-electron chi connectivity index (χ3n) is 3.67. The summed E-state index contributed by atoms with van der Waals surface area (Å²) in [5.74, 6) is 1.78. The van der Waals surface area contributed by atoms with Crippen LogP contribution in [0.5, 0.6) is 0 Å². The van der Waals surface area contributed by atoms with E-state index in [1.54, 1.807) is 13.1 Å². The van der Waals surface area contributed by atoms with Crippen LogP contribution in [0, 0.1) is 5.92 Å². The maximum atomic E-state index is 9.47. The van der Waals surface area contributed by atoms with E-state index in [1.165, 1.54) is 12.8 Å². The second kappa shape index (κ2) is 5.05. The minimum Gasteiger partial charge on any atom is -0.389 e. The molecule has 2 unspecified atom stereocenters. The van der Waals surface area contributed by atoms with Gasteiger partial charge in [-0.05, 0) is 44.2 Å². The molecule has 1 fully saturated rings. The number of piperidine rings is 1. The largest absolute Gasteiger partial charge is 0.389 e. The summed E-state index contributed by atoms with van der Waals surface area (Å²) in [5.41, 5.74) is 0.881. The van der Waals surface area contributed by atoms with Gasteiger partial charge in [-0.25, -0.2) is 4.98 Å². The van der Waals surface area contributed by atoms with Gasteiger partial charge >= 0.3 is 0 Å². The zero-order chi connectivity index (χ0) is 12.4. The smallest absolute Gasteiger partial charge is 0.128 e. The number of aliphatic hydroxyl groups is 1. The third kappa shape index (κ3) is 2.78. The van der Waals surface area contributed by atoms with Gasteiger partial charge in [0.2, 0.25) is 0 Å². The first kappa shape index (κ1) is 12.4. The van der Waals surface area contributed by atoms with Crippen LogP contribution < -0.4 is 4.90 Å². The van der Waals surface area contributed by atoms with E-state index in [-0.39, 0.29) is 0 Å². The van der Waals surface area contributed by atoms with E-state index in [2.05, 4.69) is 23.7 Å². The van der Waals surface area contributed by atoms with E-state index in [0.29, 0.717) is 6.04 Å². The van der Waals surface area contributed by atoms with Gasteiger partial charge in [-0.1, -0.05) is 13.0 Å². The Kier molecular flexibility index (Phi) is 3.67. The van der Waals surface area contributed by atoms with Crippen molar-refractivity contribution < 1.29 is 5.11 Å². The lowest BCUT2D eigenvalue weighted by molar-refractivity contribution is 0.199. The lowest BCUT2D eigenvalue weighted by Crippen LogP contribution is -2.41. The Labute approximate surface area is 103 Å². The van der Waals surface area contributed by atoms with Crippen molar-refractivity contribution in [3.63, 3.8) is 0 Å². The van der Waals surface area contributed by atoms with Gasteiger partial charge in [0.05, 0.1) is 6.10 Å². The van der Waals surface area contributed by atoms with Crippen molar-refractivity contribution >= 4 is 5.82 Å². The van der Waals surface area contributed by atoms with Crippen molar-refractivity contribution in [1.29, 1.82) is 0 Å². The summed E-state index contributed by atoms with van der Waals surface area (Å²) in [6.07, 6.45) is 3.89. The van der Waals surface area contributed by atoms with Gasteiger partial charge < -0.3 is 10.0 Å². The van der Waals surface area contributed by atoms with Gasteiger partial charge in [-0.2, -0.15) is 0 Å². The fourth-order valence-electron chi connectivity index (χ4n) is 2.42. The SMILES string of the molecule is CC1CCC(C)N(c2ccc([C@H](C)O)cn2)C1. The van der Waals surface area contributed by atoms with E-state index >= 15 is 0 Å². The molecule has 2 rings (SSSR count). The Hall–Kier alpha value is -1.09. The van der Waals surface area contributed by atoms with Crippen LogP contribution in [-0.2, 0) is 0 Å². The standard InChI is InChI=1S/C14H22N2O/c1-10-4-5-11(2)16(9-10)14-7-6-13(8-15-14)12(3)17/h6-8,10-12,17H,4-5,9H2,1-3H3/t10?,11?,12-/m0/s1. The molecule has 0 aliphatic carbocycles. The highest BCUT2D eigenvalue weighted by atomic mass is 16.3. The predicted molar refractivity (Wildman–Crippen MR) is 70.1 cm³/mol. The topological polar surface area (TPSA) is 36.4 Å². The van der Waals surface area contributed by atoms with Gasteiger partial charge in [-0.15, -0.1) is 0 Å². The lowest BCUT2D eigenvalue weighted by Gasteiger charge is -2.37. The Morgan fingerprint density at radius 3 is 2.71 bits per heavy atom. The zero-order valence-electron chi connectivity index (χ0n) is 10.9. The van der Waals surface area contributed by atoms with E-state index in [9.17, 15) is 5.11 Å². The lowest BCUT2D eigenvalue weighted by atomic mass is 9.95. The summed E-state index contributed by atoms with van der Waals surface area (Å²) in [5, 5.41) is 9.47. The summed E-state index contributed by atoms with van der Waals surface area (Å²) < 4.78 is 0. The molecule has 17 heavy (non-hydrogen) atoms. The van der Waals surface area contributed by atoms with Crippen LogP contribution in [0.3, 0.4) is 0 Å². The minimum atomic E-state index is -0.436. The Balaban J connectivity index is 2.15. The average molecular weight is 234 g/mol. The number of pyridine rings is 1. The molecule has 1 saturated heterocycles. The molecule has 0 saturated carbocycles. The van der Waals surface area contributed by atoms with Crippen molar-refractivity contribution in [3.8, 4) is 0 Å². The van der Waals surface area contributed by atoms with E-state index in [1.807, 2.05) is 12.1 Å². The number of aromatic nitrogens is 1. The molecular weight excluding hydrogens is 212 g/mol. The number of nitrogens with zero attached hydrogens (tertiary/aromatic N) is 2. The Bertz CT molecular complexity index is 361. The first-order valence-electron chi connectivity index (χ1n) is 6.48. The molecule has 3 nitrogen and oxygen atoms in total. The number of hydrogen-bond acceptors (Lipinski definition) is 3. The molecule has 1 N–H and O–H groups in total. The van der Waals surface area contributed by atoms with Crippen LogP contribution in [-0.4, -0.2) is 22.7 Å². The second-order valence-electron chi connectivity index (χ2n) is 5.31. The van der Waals surface area contributed by atoms with Crippen LogP contribution in [0.15, 0.2) is 18.3 Å². The molecule has 0 bridgehead atoms. The minimum absolute atomic E-state index is 0.436. The first-order chi connectivity index (χ1) is 8.08. The van der Waals surface area contributed by atoms with Gasteiger partial charge in [0.15, 0.2) is 0 Å². The van der Waals surface area contributed by atoms with Gasteiger partial charge in [-0.3, -0.25) is 0 Å². The quantitative estimate of drug-likeness (QED) is 0.854. The van der Waals surface area contributed by atoms with E-state index in [0.717, 1.165) is 23.8 Å². The molecule has 0 spiro atoms. The molecule has 1 aliphatic rings. The normalized spacial score (nSPS) is 26.9. The summed E-state index contributed by atoms with van der Waals surface area (Å²) in [4.78, 5) is 6.85. The maximum absolute atomic E-state index is 9.47. The zero-order valence-corrected chi connectivity index (χ0v) is 10.9. The molecule has 3 heteroatoms. The predicted octanol–water partition coefficient (Wildman–Crippen LogP) is 2.76. The Morgan fingerprint density at radius 2 is 2.12 bits per heavy atom. The first-order valence-corrected chi connectivity index (χ1v) is 6.48. The molecule has 3 atom stereocenters. The molecular formula is C14H22N2O. The highest BCUT2D eigenvalue weighted by Crippen LogP contribution is 2.26. The van der Waals surface area contributed by atoms with Crippen molar-refractivity contribution in [2.75, 3.05) is 11.4 Å². The molecule has 1 aliphatic heterocycles. The maximum Gasteiger partial charge on any atom is 0.128 e. The second-order valence-corrected chi connectivity index (χ2v) is 5.31. The molecule has 94 valence electrons. The third-order valence-corrected chi connectivity index (χ3v) is 3.67. The van der Waals surface area contributed by atoms with Crippen LogP contribution in [0.1, 0.15) is 45.3 Å². The van der Waals surface area contributed by atoms with Gasteiger partial charge in [0.1, 0.15) is 5.82 Å². The van der Waals surface area contributed by atoms with Crippen molar-refractivity contribution in [3.05, 3.63) is 23.9 Å². The summed E-state index contributed by atoms with van der Waals surface area (Å²) in [7, 11) is 0. The van der Waals surface area contributed by atoms with E-state index in [4.69, 9.17) is 0 Å². The van der Waals surface area contributed by atoms with E-state index < -0.39 is 6.10 Å². The fourth-order valence-corrected chi connectivity index (χ4v) is 2.42. The number of anilines is 1. The monoisotopic (exact) mass is 234 g/mol. The van der Waals surface area contributed by atoms with Gasteiger partial charge in [0, 0.05) is 18.8 Å². The van der Waals surface area contributed by atoms with Crippen LogP contribution in [0.2, 0.25) is 0 Å². The molecule has 1 aromatic heterocycles. The molecule has 0 amide bonds. The van der Waals surface area contributed by atoms with Crippen molar-refractivity contribution in [1.82, 2.24) is 4.98 Å². The molecule has 2 heterocycles. The highest BCUT2D eigenvalue weighted by molar-refractivity contribution is 5.41. The number of hydrogen-bond donors (Lipinski definition) is 1. The van der Waals surface area contributed by atoms with Crippen LogP contribution >= 0.6 is 0 Å². The van der Waals surface area contributed by atoms with Gasteiger partial charge in [0.25, 0.3) is 0 Å². The summed E-state index contributed by atoms with van der Waals surface area (Å²) in [6, 6.07) is 4.56. The Morgan fingerprint density at radius 1 is 1.35 bits per heavy atom. The van der Waals surface area contributed by atoms with Crippen molar-refractivity contribution in [2.24, 2.45) is 5.92 Å². The number of rotatable bonds is 2. The van der Waals surface area contributed by atoms with Crippen LogP contribution in [0.4, 0.5) is 5.82 Å². The average Bonchev–Trinajstić information content (AvgIpc) is 2.32.